The van der Waals surface area contributed by atoms with Crippen LogP contribution in [-0.2, 0) is 15.7 Å². The third-order valence-corrected chi connectivity index (χ3v) is 5.69. The van der Waals surface area contributed by atoms with Gasteiger partial charge in [0, 0.05) is 10.5 Å². The van der Waals surface area contributed by atoms with Gasteiger partial charge in [-0.15, -0.1) is 0 Å². The molecule has 1 aliphatic heterocycles. The van der Waals surface area contributed by atoms with Crippen molar-refractivity contribution >= 4 is 39.6 Å². The minimum absolute atomic E-state index is 0.0262. The number of esters is 1. The first-order valence-corrected chi connectivity index (χ1v) is 11.4. The molecule has 190 valence electrons. The number of nitro benzene ring substituents is 1. The molecule has 1 aliphatic rings. The molecule has 12 heteroatoms. The third kappa shape index (κ3) is 5.80. The molecule has 0 aliphatic carbocycles. The zero-order valence-corrected chi connectivity index (χ0v) is 20.5. The molecule has 0 spiro atoms. The summed E-state index contributed by atoms with van der Waals surface area (Å²) in [5.41, 5.74) is -0.936. The quantitative estimate of drug-likeness (QED) is 0.131. The van der Waals surface area contributed by atoms with E-state index in [-0.39, 0.29) is 29.7 Å². The largest absolute Gasteiger partial charge is 0.490 e. The Hall–Kier alpha value is -4.19. The summed E-state index contributed by atoms with van der Waals surface area (Å²) < 4.78 is 56.1. The van der Waals surface area contributed by atoms with Crippen LogP contribution in [0.25, 0.3) is 6.08 Å². The molecule has 0 atom stereocenters. The lowest BCUT2D eigenvalue weighted by Crippen LogP contribution is -2.06. The highest BCUT2D eigenvalue weighted by Gasteiger charge is 2.33. The summed E-state index contributed by atoms with van der Waals surface area (Å²) in [6.45, 7) is 1.88. The highest BCUT2D eigenvalue weighted by atomic mass is 79.9. The van der Waals surface area contributed by atoms with Crippen LogP contribution in [0.3, 0.4) is 0 Å². The van der Waals surface area contributed by atoms with E-state index in [1.807, 2.05) is 0 Å². The van der Waals surface area contributed by atoms with Crippen LogP contribution in [0.15, 0.2) is 75.8 Å². The molecule has 37 heavy (non-hydrogen) atoms. The second-order valence-electron chi connectivity index (χ2n) is 7.49. The number of aliphatic imine (C=N–C) groups is 1. The van der Waals surface area contributed by atoms with Gasteiger partial charge in [0.1, 0.15) is 0 Å². The SMILES string of the molecule is CCOc1cc(/C=C2\N=C(c3ccccc3Br)OC2=O)ccc1Oc1ccc(C(F)(F)F)cc1[N+](=O)[O-]. The summed E-state index contributed by atoms with van der Waals surface area (Å²) in [5, 5.41) is 11.4. The van der Waals surface area contributed by atoms with E-state index in [0.717, 1.165) is 6.07 Å². The van der Waals surface area contributed by atoms with Crippen molar-refractivity contribution in [2.45, 2.75) is 13.1 Å². The van der Waals surface area contributed by atoms with Crippen LogP contribution in [0.1, 0.15) is 23.6 Å². The number of hydrogen-bond acceptors (Lipinski definition) is 7. The maximum atomic E-state index is 13.0. The van der Waals surface area contributed by atoms with Gasteiger partial charge in [-0.1, -0.05) is 18.2 Å². The molecule has 3 aromatic carbocycles. The molecule has 0 amide bonds. The summed E-state index contributed by atoms with van der Waals surface area (Å²) >= 11 is 3.38. The van der Waals surface area contributed by atoms with E-state index < -0.39 is 34.1 Å². The van der Waals surface area contributed by atoms with Crippen molar-refractivity contribution in [1.82, 2.24) is 0 Å². The van der Waals surface area contributed by atoms with Gasteiger partial charge in [0.05, 0.1) is 22.7 Å². The van der Waals surface area contributed by atoms with Crippen LogP contribution < -0.4 is 9.47 Å². The van der Waals surface area contributed by atoms with Crippen LogP contribution >= 0.6 is 15.9 Å². The molecule has 0 saturated heterocycles. The van der Waals surface area contributed by atoms with E-state index in [1.165, 1.54) is 24.3 Å². The minimum atomic E-state index is -4.75. The number of nitro groups is 1. The van der Waals surface area contributed by atoms with E-state index >= 15 is 0 Å². The third-order valence-electron chi connectivity index (χ3n) is 5.00. The van der Waals surface area contributed by atoms with Gasteiger partial charge in [-0.2, -0.15) is 13.2 Å². The van der Waals surface area contributed by atoms with Gasteiger partial charge in [-0.05, 0) is 70.9 Å². The van der Waals surface area contributed by atoms with E-state index in [1.54, 1.807) is 31.2 Å². The minimum Gasteiger partial charge on any atom is -0.490 e. The highest BCUT2D eigenvalue weighted by Crippen LogP contribution is 2.40. The first-order valence-electron chi connectivity index (χ1n) is 10.6. The number of rotatable bonds is 7. The van der Waals surface area contributed by atoms with Crippen LogP contribution in [0, 0.1) is 10.1 Å². The van der Waals surface area contributed by atoms with Gasteiger partial charge in [-0.25, -0.2) is 9.79 Å². The number of cyclic esters (lactones) is 1. The van der Waals surface area contributed by atoms with E-state index in [9.17, 15) is 28.1 Å². The van der Waals surface area contributed by atoms with Crippen molar-refractivity contribution < 1.29 is 37.1 Å². The first-order chi connectivity index (χ1) is 17.6. The second kappa shape index (κ2) is 10.4. The smallest absolute Gasteiger partial charge is 0.416 e. The molecule has 8 nitrogen and oxygen atoms in total. The molecule has 1 heterocycles. The Morgan fingerprint density at radius 1 is 1.08 bits per heavy atom. The summed E-state index contributed by atoms with van der Waals surface area (Å²) in [6.07, 6.45) is -3.30. The Labute approximate surface area is 216 Å². The lowest BCUT2D eigenvalue weighted by Gasteiger charge is -2.13. The molecular weight excluding hydrogens is 561 g/mol. The molecule has 0 bridgehead atoms. The van der Waals surface area contributed by atoms with Gasteiger partial charge < -0.3 is 14.2 Å². The normalized spacial score (nSPS) is 14.4. The predicted octanol–water partition coefficient (Wildman–Crippen LogP) is 6.91. The number of ether oxygens (including phenoxy) is 3. The van der Waals surface area contributed by atoms with Gasteiger partial charge in [0.15, 0.2) is 17.2 Å². The molecule has 4 rings (SSSR count). The summed E-state index contributed by atoms with van der Waals surface area (Å²) in [5.74, 6) is -0.759. The average Bonchev–Trinajstić information content (AvgIpc) is 3.20. The van der Waals surface area contributed by atoms with E-state index in [0.29, 0.717) is 27.7 Å². The Morgan fingerprint density at radius 3 is 2.49 bits per heavy atom. The molecule has 0 aromatic heterocycles. The monoisotopic (exact) mass is 576 g/mol. The lowest BCUT2D eigenvalue weighted by molar-refractivity contribution is -0.385. The fourth-order valence-corrected chi connectivity index (χ4v) is 3.78. The standard InChI is InChI=1S/C25H16BrF3N2O6/c1-2-35-22-12-14(11-18-24(32)37-23(30-18)16-5-3-4-6-17(16)26)7-9-21(22)36-20-10-8-15(25(27,28)29)13-19(20)31(33)34/h3-13H,2H2,1H3/b18-11-. The summed E-state index contributed by atoms with van der Waals surface area (Å²) in [6, 6.07) is 13.5. The van der Waals surface area contributed by atoms with Crippen molar-refractivity contribution in [2.75, 3.05) is 6.61 Å². The van der Waals surface area contributed by atoms with Crippen molar-refractivity contribution in [3.8, 4) is 17.2 Å². The molecule has 0 saturated carbocycles. The number of carbonyl (C=O) groups is 1. The lowest BCUT2D eigenvalue weighted by atomic mass is 10.1. The predicted molar refractivity (Wildman–Crippen MR) is 131 cm³/mol. The van der Waals surface area contributed by atoms with Gasteiger partial charge in [-0.3, -0.25) is 10.1 Å². The fraction of sp³-hybridized carbons (Fsp3) is 0.120. The van der Waals surface area contributed by atoms with Crippen LogP contribution in [0.5, 0.6) is 17.2 Å². The van der Waals surface area contributed by atoms with Crippen LogP contribution in [0.4, 0.5) is 18.9 Å². The number of carbonyl (C=O) groups excluding carboxylic acids is 1. The molecule has 0 fully saturated rings. The number of nitrogens with zero attached hydrogens (tertiary/aromatic N) is 2. The van der Waals surface area contributed by atoms with Crippen molar-refractivity contribution in [3.63, 3.8) is 0 Å². The molecule has 0 N–H and O–H groups in total. The van der Waals surface area contributed by atoms with E-state index in [2.05, 4.69) is 20.9 Å². The highest BCUT2D eigenvalue weighted by molar-refractivity contribution is 9.10. The molecule has 0 unspecified atom stereocenters. The molecule has 3 aromatic rings. The zero-order valence-electron chi connectivity index (χ0n) is 18.9. The Morgan fingerprint density at radius 2 is 1.81 bits per heavy atom. The van der Waals surface area contributed by atoms with Crippen molar-refractivity contribution in [2.24, 2.45) is 4.99 Å². The maximum Gasteiger partial charge on any atom is 0.416 e. The van der Waals surface area contributed by atoms with E-state index in [4.69, 9.17) is 14.2 Å². The number of benzene rings is 3. The van der Waals surface area contributed by atoms with Crippen molar-refractivity contribution in [1.29, 1.82) is 0 Å². The molecule has 0 radical (unpaired) electrons. The fourth-order valence-electron chi connectivity index (χ4n) is 3.33. The number of hydrogen-bond donors (Lipinski definition) is 0. The Kier molecular flexibility index (Phi) is 7.30. The zero-order chi connectivity index (χ0) is 26.7. The average molecular weight is 577 g/mol. The number of alkyl halides is 3. The second-order valence-corrected chi connectivity index (χ2v) is 8.35. The van der Waals surface area contributed by atoms with Gasteiger partial charge in [0.25, 0.3) is 0 Å². The first kappa shape index (κ1) is 25.9. The van der Waals surface area contributed by atoms with Crippen LogP contribution in [0.2, 0.25) is 0 Å². The Bertz CT molecular complexity index is 1450. The topological polar surface area (TPSA) is 100 Å². The maximum absolute atomic E-state index is 13.0. The van der Waals surface area contributed by atoms with Gasteiger partial charge in [0.2, 0.25) is 11.6 Å². The molecular formula is C25H16BrF3N2O6. The van der Waals surface area contributed by atoms with Crippen molar-refractivity contribution in [3.05, 3.63) is 97.6 Å². The summed E-state index contributed by atoms with van der Waals surface area (Å²) in [7, 11) is 0. The van der Waals surface area contributed by atoms with Gasteiger partial charge >= 0.3 is 17.8 Å². The van der Waals surface area contributed by atoms with Crippen LogP contribution in [-0.4, -0.2) is 23.4 Å². The Balaban J connectivity index is 1.66. The summed E-state index contributed by atoms with van der Waals surface area (Å²) in [4.78, 5) is 27.1. The number of halogens is 4.